The Morgan fingerprint density at radius 2 is 1.78 bits per heavy atom. The van der Waals surface area contributed by atoms with Crippen LogP contribution in [0.3, 0.4) is 0 Å². The zero-order chi connectivity index (χ0) is 18.9. The van der Waals surface area contributed by atoms with E-state index in [1.807, 2.05) is 24.3 Å². The Hall–Kier alpha value is -2.53. The van der Waals surface area contributed by atoms with Crippen molar-refractivity contribution >= 4 is 17.7 Å². The summed E-state index contributed by atoms with van der Waals surface area (Å²) in [4.78, 5) is 16.4. The first kappa shape index (κ1) is 19.2. The van der Waals surface area contributed by atoms with Gasteiger partial charge in [0.05, 0.1) is 0 Å². The number of nitrogens with one attached hydrogen (secondary N) is 2. The molecule has 2 N–H and O–H groups in total. The van der Waals surface area contributed by atoms with Crippen LogP contribution in [0.25, 0.3) is 11.3 Å². The van der Waals surface area contributed by atoms with Crippen LogP contribution in [-0.2, 0) is 11.2 Å². The average molecular weight is 383 g/mol. The molecule has 0 fully saturated rings. The molecule has 0 aliphatic heterocycles. The molecule has 3 nitrogen and oxygen atoms in total. The highest BCUT2D eigenvalue weighted by Crippen LogP contribution is 2.19. The van der Waals surface area contributed by atoms with E-state index < -0.39 is 0 Å². The van der Waals surface area contributed by atoms with Crippen LogP contribution in [0.4, 0.5) is 4.39 Å². The van der Waals surface area contributed by atoms with Gasteiger partial charge in [-0.05, 0) is 60.6 Å². The zero-order valence-electron chi connectivity index (χ0n) is 15.1. The van der Waals surface area contributed by atoms with Crippen molar-refractivity contribution in [3.63, 3.8) is 0 Å². The van der Waals surface area contributed by atoms with Crippen molar-refractivity contribution in [2.45, 2.75) is 24.2 Å². The van der Waals surface area contributed by atoms with Crippen molar-refractivity contribution in [2.24, 2.45) is 0 Å². The highest BCUT2D eigenvalue weighted by molar-refractivity contribution is 7.99. The van der Waals surface area contributed by atoms with Crippen LogP contribution in [0.1, 0.15) is 18.5 Å². The Labute approximate surface area is 163 Å². The number of H-pyrrole nitrogens is 1. The molecule has 0 radical (unpaired) electrons. The minimum Gasteiger partial charge on any atom is -0.358 e. The van der Waals surface area contributed by atoms with Gasteiger partial charge in [-0.3, -0.25) is 4.79 Å². The van der Waals surface area contributed by atoms with Crippen molar-refractivity contribution < 1.29 is 9.18 Å². The fourth-order valence-corrected chi connectivity index (χ4v) is 3.58. The largest absolute Gasteiger partial charge is 0.358 e. The molecule has 0 saturated heterocycles. The van der Waals surface area contributed by atoms with E-state index in [-0.39, 0.29) is 11.7 Å². The van der Waals surface area contributed by atoms with Crippen LogP contribution in [0, 0.1) is 5.82 Å². The molecule has 5 heteroatoms. The highest BCUT2D eigenvalue weighted by atomic mass is 32.2. The quantitative estimate of drug-likeness (QED) is 0.402. The maximum absolute atomic E-state index is 12.8. The number of hydrogen-bond donors (Lipinski definition) is 2. The molecule has 140 valence electrons. The molecule has 27 heavy (non-hydrogen) atoms. The first-order valence-corrected chi connectivity index (χ1v) is 10.1. The number of rotatable bonds is 9. The van der Waals surface area contributed by atoms with Gasteiger partial charge in [-0.1, -0.05) is 30.3 Å². The average Bonchev–Trinajstić information content (AvgIpc) is 3.17. The van der Waals surface area contributed by atoms with Gasteiger partial charge in [0.1, 0.15) is 5.82 Å². The van der Waals surface area contributed by atoms with Gasteiger partial charge in [-0.25, -0.2) is 4.39 Å². The highest BCUT2D eigenvalue weighted by Gasteiger charge is 2.05. The van der Waals surface area contributed by atoms with Gasteiger partial charge in [0.25, 0.3) is 0 Å². The smallest absolute Gasteiger partial charge is 0.220 e. The summed E-state index contributed by atoms with van der Waals surface area (Å²) < 4.78 is 12.8. The molecular formula is C22H23FN2OS. The van der Waals surface area contributed by atoms with Gasteiger partial charge >= 0.3 is 0 Å². The minimum absolute atomic E-state index is 0.0673. The van der Waals surface area contributed by atoms with Crippen molar-refractivity contribution in [1.29, 1.82) is 0 Å². The van der Waals surface area contributed by atoms with Gasteiger partial charge in [0.15, 0.2) is 0 Å². The van der Waals surface area contributed by atoms with Crippen molar-refractivity contribution in [3.05, 3.63) is 78.2 Å². The van der Waals surface area contributed by atoms with Crippen LogP contribution < -0.4 is 5.32 Å². The lowest BCUT2D eigenvalue weighted by Gasteiger charge is -2.05. The lowest BCUT2D eigenvalue weighted by Crippen LogP contribution is -2.25. The second-order valence-corrected chi connectivity index (χ2v) is 7.44. The Bertz CT molecular complexity index is 846. The van der Waals surface area contributed by atoms with E-state index >= 15 is 0 Å². The van der Waals surface area contributed by atoms with Crippen molar-refractivity contribution in [3.8, 4) is 11.3 Å². The number of amides is 1. The fourth-order valence-electron chi connectivity index (χ4n) is 2.73. The fraction of sp³-hybridized carbons (Fsp3) is 0.227. The number of hydrogen-bond acceptors (Lipinski definition) is 2. The van der Waals surface area contributed by atoms with E-state index in [1.54, 1.807) is 23.9 Å². The molecule has 0 bridgehead atoms. The summed E-state index contributed by atoms with van der Waals surface area (Å²) in [5, 5.41) is 2.96. The first-order chi connectivity index (χ1) is 13.2. The number of benzene rings is 2. The number of aromatic nitrogens is 1. The summed E-state index contributed by atoms with van der Waals surface area (Å²) in [6.45, 7) is 0.660. The van der Waals surface area contributed by atoms with E-state index in [4.69, 9.17) is 0 Å². The summed E-state index contributed by atoms with van der Waals surface area (Å²) >= 11 is 1.67. The Balaban J connectivity index is 1.32. The summed E-state index contributed by atoms with van der Waals surface area (Å²) in [6.07, 6.45) is 2.05. The van der Waals surface area contributed by atoms with Crippen LogP contribution >= 0.6 is 11.8 Å². The molecule has 0 atom stereocenters. The first-order valence-electron chi connectivity index (χ1n) is 9.09. The molecule has 0 spiro atoms. The maximum atomic E-state index is 12.8. The third-order valence-electron chi connectivity index (χ3n) is 4.18. The van der Waals surface area contributed by atoms with Crippen molar-refractivity contribution in [1.82, 2.24) is 10.3 Å². The molecule has 0 aliphatic carbocycles. The summed E-state index contributed by atoms with van der Waals surface area (Å²) in [6, 6.07) is 20.7. The molecule has 1 heterocycles. The van der Waals surface area contributed by atoms with E-state index in [0.29, 0.717) is 19.4 Å². The lowest BCUT2D eigenvalue weighted by molar-refractivity contribution is -0.121. The minimum atomic E-state index is -0.218. The third-order valence-corrected chi connectivity index (χ3v) is 5.28. The number of carbonyl (C=O) groups is 1. The number of aryl methyl sites for hydroxylation is 1. The molecule has 0 unspecified atom stereocenters. The summed E-state index contributed by atoms with van der Waals surface area (Å²) in [5.41, 5.74) is 3.28. The molecule has 3 rings (SSSR count). The second-order valence-electron chi connectivity index (χ2n) is 6.27. The number of halogens is 1. The maximum Gasteiger partial charge on any atom is 0.220 e. The lowest BCUT2D eigenvalue weighted by atomic mass is 10.2. The second kappa shape index (κ2) is 9.97. The van der Waals surface area contributed by atoms with E-state index in [9.17, 15) is 9.18 Å². The van der Waals surface area contributed by atoms with E-state index in [0.717, 1.165) is 34.0 Å². The Kier molecular flexibility index (Phi) is 7.11. The van der Waals surface area contributed by atoms with Crippen LogP contribution in [0.2, 0.25) is 0 Å². The van der Waals surface area contributed by atoms with E-state index in [1.165, 1.54) is 12.1 Å². The summed E-state index contributed by atoms with van der Waals surface area (Å²) in [7, 11) is 0. The van der Waals surface area contributed by atoms with Gasteiger partial charge < -0.3 is 10.3 Å². The summed E-state index contributed by atoms with van der Waals surface area (Å²) in [5.74, 6) is 0.741. The number of aromatic amines is 1. The number of carbonyl (C=O) groups excluding carboxylic acids is 1. The SMILES string of the molecule is O=C(CCc1ccc(-c2ccccc2)[nH]1)NCCCSc1ccc(F)cc1. The van der Waals surface area contributed by atoms with Gasteiger partial charge in [0, 0.05) is 29.2 Å². The molecule has 0 aliphatic rings. The van der Waals surface area contributed by atoms with Gasteiger partial charge in [-0.15, -0.1) is 11.8 Å². The molecule has 0 saturated carbocycles. The van der Waals surface area contributed by atoms with E-state index in [2.05, 4.69) is 28.5 Å². The van der Waals surface area contributed by atoms with Crippen LogP contribution in [0.15, 0.2) is 71.6 Å². The standard InChI is InChI=1S/C22H23FN2OS/c23-18-7-11-20(12-8-18)27-16-4-15-24-22(26)14-10-19-9-13-21(25-19)17-5-2-1-3-6-17/h1-3,5-9,11-13,25H,4,10,14-16H2,(H,24,26). The Morgan fingerprint density at radius 1 is 1.00 bits per heavy atom. The monoisotopic (exact) mass is 382 g/mol. The molecule has 3 aromatic rings. The zero-order valence-corrected chi connectivity index (χ0v) is 15.9. The van der Waals surface area contributed by atoms with Gasteiger partial charge in [0.2, 0.25) is 5.91 Å². The van der Waals surface area contributed by atoms with Crippen LogP contribution in [-0.4, -0.2) is 23.2 Å². The van der Waals surface area contributed by atoms with Crippen molar-refractivity contribution in [2.75, 3.05) is 12.3 Å². The van der Waals surface area contributed by atoms with Crippen LogP contribution in [0.5, 0.6) is 0 Å². The van der Waals surface area contributed by atoms with Gasteiger partial charge in [-0.2, -0.15) is 0 Å². The molecule has 1 amide bonds. The number of thioether (sulfide) groups is 1. The topological polar surface area (TPSA) is 44.9 Å². The molecule has 2 aromatic carbocycles. The predicted molar refractivity (Wildman–Crippen MR) is 109 cm³/mol. The molecular weight excluding hydrogens is 359 g/mol. The normalized spacial score (nSPS) is 10.7. The Morgan fingerprint density at radius 3 is 2.56 bits per heavy atom. The third kappa shape index (κ3) is 6.29. The molecule has 1 aromatic heterocycles. The predicted octanol–water partition coefficient (Wildman–Crippen LogP) is 5.05.